The van der Waals surface area contributed by atoms with Crippen LogP contribution in [-0.4, -0.2) is 47.4 Å². The summed E-state index contributed by atoms with van der Waals surface area (Å²) in [5, 5.41) is 23.1. The summed E-state index contributed by atoms with van der Waals surface area (Å²) in [6.45, 7) is 4.90. The highest BCUT2D eigenvalue weighted by atomic mass is 16.5. The van der Waals surface area contributed by atoms with Crippen LogP contribution in [0.2, 0.25) is 0 Å². The first-order chi connectivity index (χ1) is 38.5. The second-order valence-corrected chi connectivity index (χ2v) is 24.2. The van der Waals surface area contributed by atoms with Crippen molar-refractivity contribution in [3.05, 3.63) is 36.5 Å². The van der Waals surface area contributed by atoms with E-state index in [1.807, 2.05) is 6.08 Å². The minimum Gasteiger partial charge on any atom is -0.466 e. The molecule has 0 fully saturated rings. The molecule has 0 aliphatic carbocycles. The summed E-state index contributed by atoms with van der Waals surface area (Å²) in [4.78, 5) is 24.5. The number of esters is 1. The number of unbranched alkanes of at least 4 members (excludes halogenated alkanes) is 51. The Labute approximate surface area is 487 Å². The van der Waals surface area contributed by atoms with Gasteiger partial charge in [-0.2, -0.15) is 0 Å². The Morgan fingerprint density at radius 1 is 0.346 bits per heavy atom. The van der Waals surface area contributed by atoms with Crippen LogP contribution in [0.3, 0.4) is 0 Å². The molecule has 0 bridgehead atoms. The van der Waals surface area contributed by atoms with Crippen molar-refractivity contribution in [2.45, 2.75) is 398 Å². The van der Waals surface area contributed by atoms with Crippen LogP contribution in [-0.2, 0) is 14.3 Å². The summed E-state index contributed by atoms with van der Waals surface area (Å²) >= 11 is 0. The predicted octanol–water partition coefficient (Wildman–Crippen LogP) is 22.7. The second kappa shape index (κ2) is 67.6. The van der Waals surface area contributed by atoms with Crippen LogP contribution < -0.4 is 5.32 Å². The van der Waals surface area contributed by atoms with Crippen molar-refractivity contribution in [2.75, 3.05) is 13.2 Å². The molecule has 0 spiro atoms. The van der Waals surface area contributed by atoms with Crippen LogP contribution in [0.15, 0.2) is 36.5 Å². The SMILES string of the molecule is CCCCC/C=C\CCCCCCCC(=O)OCCCCCCCCCCCCCCCC/C=C\CCCCCCCCCCCCCCCCCCCC(=O)NC(CO)C(O)/C=C/CCCCCCCCCCCCCC. The molecule has 460 valence electrons. The number of hydrogen-bond acceptors (Lipinski definition) is 5. The molecule has 78 heavy (non-hydrogen) atoms. The van der Waals surface area contributed by atoms with E-state index in [9.17, 15) is 19.8 Å². The van der Waals surface area contributed by atoms with Gasteiger partial charge in [0.15, 0.2) is 0 Å². The highest BCUT2D eigenvalue weighted by molar-refractivity contribution is 5.76. The molecule has 0 heterocycles. The van der Waals surface area contributed by atoms with Gasteiger partial charge in [0.1, 0.15) is 0 Å². The number of nitrogens with one attached hydrogen (secondary N) is 1. The Balaban J connectivity index is 3.35. The summed E-state index contributed by atoms with van der Waals surface area (Å²) in [6, 6.07) is -0.624. The molecular weight excluding hydrogens is 959 g/mol. The number of aliphatic hydroxyl groups is 2. The van der Waals surface area contributed by atoms with Crippen LogP contribution in [0.1, 0.15) is 386 Å². The second-order valence-electron chi connectivity index (χ2n) is 24.2. The summed E-state index contributed by atoms with van der Waals surface area (Å²) in [6.07, 6.45) is 86.7. The average Bonchev–Trinajstić information content (AvgIpc) is 3.44. The van der Waals surface area contributed by atoms with Gasteiger partial charge in [0.25, 0.3) is 0 Å². The van der Waals surface area contributed by atoms with E-state index in [1.165, 1.54) is 315 Å². The number of aliphatic hydroxyl groups excluding tert-OH is 2. The van der Waals surface area contributed by atoms with Crippen LogP contribution >= 0.6 is 0 Å². The van der Waals surface area contributed by atoms with E-state index in [2.05, 4.69) is 43.5 Å². The average molecular weight is 1100 g/mol. The third-order valence-corrected chi connectivity index (χ3v) is 16.4. The largest absolute Gasteiger partial charge is 0.466 e. The standard InChI is InChI=1S/C72H137NO5/c1-3-5-7-9-11-13-15-17-41-44-48-52-56-60-64-70(75)69(68-74)73-71(76)65-61-57-53-49-45-42-39-37-35-33-31-29-27-25-23-21-19-18-20-22-24-26-28-30-32-34-36-38-40-43-47-51-55-59-63-67-78-72(77)66-62-58-54-50-46-16-14-12-10-8-6-4-2/h12,14,20,22,60,64,69-70,74-75H,3-11,13,15-19,21,23-59,61-63,65-68H2,1-2H3,(H,73,76)/b14-12-,22-20-,64-60+. The third-order valence-electron chi connectivity index (χ3n) is 16.4. The lowest BCUT2D eigenvalue weighted by atomic mass is 10.0. The monoisotopic (exact) mass is 1100 g/mol. The van der Waals surface area contributed by atoms with Gasteiger partial charge in [0.05, 0.1) is 25.4 Å². The van der Waals surface area contributed by atoms with E-state index in [-0.39, 0.29) is 18.5 Å². The first-order valence-corrected chi connectivity index (χ1v) is 35.3. The fourth-order valence-electron chi connectivity index (χ4n) is 11.0. The van der Waals surface area contributed by atoms with Crippen LogP contribution in [0.4, 0.5) is 0 Å². The van der Waals surface area contributed by atoms with E-state index in [0.717, 1.165) is 44.9 Å². The normalized spacial score (nSPS) is 12.7. The first-order valence-electron chi connectivity index (χ1n) is 35.3. The van der Waals surface area contributed by atoms with Crippen molar-refractivity contribution >= 4 is 11.9 Å². The predicted molar refractivity (Wildman–Crippen MR) is 343 cm³/mol. The lowest BCUT2D eigenvalue weighted by Gasteiger charge is -2.20. The molecule has 2 unspecified atom stereocenters. The van der Waals surface area contributed by atoms with Gasteiger partial charge >= 0.3 is 5.97 Å². The fourth-order valence-corrected chi connectivity index (χ4v) is 11.0. The highest BCUT2D eigenvalue weighted by Gasteiger charge is 2.18. The highest BCUT2D eigenvalue weighted by Crippen LogP contribution is 2.18. The molecule has 0 aromatic rings. The Morgan fingerprint density at radius 3 is 0.936 bits per heavy atom. The quantitative estimate of drug-likeness (QED) is 0.0320. The number of carbonyl (C=O) groups is 2. The molecule has 0 rings (SSSR count). The minimum atomic E-state index is -0.841. The number of hydrogen-bond donors (Lipinski definition) is 3. The van der Waals surface area contributed by atoms with E-state index in [4.69, 9.17) is 4.74 Å². The third kappa shape index (κ3) is 63.3. The number of carbonyl (C=O) groups excluding carboxylic acids is 2. The molecule has 0 saturated carbocycles. The number of amides is 1. The fraction of sp³-hybridized carbons (Fsp3) is 0.889. The van der Waals surface area contributed by atoms with Crippen molar-refractivity contribution in [3.8, 4) is 0 Å². The van der Waals surface area contributed by atoms with E-state index < -0.39 is 12.1 Å². The van der Waals surface area contributed by atoms with Gasteiger partial charge in [0, 0.05) is 12.8 Å². The number of rotatable bonds is 66. The topological polar surface area (TPSA) is 95.9 Å². The van der Waals surface area contributed by atoms with Crippen molar-refractivity contribution < 1.29 is 24.5 Å². The van der Waals surface area contributed by atoms with Gasteiger partial charge in [-0.15, -0.1) is 0 Å². The van der Waals surface area contributed by atoms with Crippen LogP contribution in [0, 0.1) is 0 Å². The Hall–Kier alpha value is -1.92. The van der Waals surface area contributed by atoms with E-state index >= 15 is 0 Å². The summed E-state index contributed by atoms with van der Waals surface area (Å²) in [5.74, 6) is -0.0527. The lowest BCUT2D eigenvalue weighted by Crippen LogP contribution is -2.45. The van der Waals surface area contributed by atoms with Gasteiger partial charge in [0.2, 0.25) is 5.91 Å². The van der Waals surface area contributed by atoms with Gasteiger partial charge in [-0.1, -0.05) is 326 Å². The summed E-state index contributed by atoms with van der Waals surface area (Å²) in [5.41, 5.74) is 0. The molecule has 1 amide bonds. The molecular formula is C72H137NO5. The van der Waals surface area contributed by atoms with Crippen LogP contribution in [0.25, 0.3) is 0 Å². The van der Waals surface area contributed by atoms with E-state index in [0.29, 0.717) is 19.4 Å². The van der Waals surface area contributed by atoms with Crippen molar-refractivity contribution in [1.29, 1.82) is 0 Å². The van der Waals surface area contributed by atoms with Crippen molar-refractivity contribution in [1.82, 2.24) is 5.32 Å². The number of ether oxygens (including phenoxy) is 1. The molecule has 0 aliphatic rings. The summed E-state index contributed by atoms with van der Waals surface area (Å²) in [7, 11) is 0. The zero-order valence-electron chi connectivity index (χ0n) is 52.7. The minimum absolute atomic E-state index is 0.0100. The smallest absolute Gasteiger partial charge is 0.305 e. The Morgan fingerprint density at radius 2 is 0.603 bits per heavy atom. The van der Waals surface area contributed by atoms with Gasteiger partial charge in [-0.05, 0) is 83.5 Å². The number of allylic oxidation sites excluding steroid dienone is 5. The summed E-state index contributed by atoms with van der Waals surface area (Å²) < 4.78 is 5.47. The van der Waals surface area contributed by atoms with Crippen LogP contribution in [0.5, 0.6) is 0 Å². The molecule has 0 aromatic heterocycles. The maximum atomic E-state index is 12.5. The Bertz CT molecular complexity index is 1260. The molecule has 6 nitrogen and oxygen atoms in total. The molecule has 0 saturated heterocycles. The molecule has 0 radical (unpaired) electrons. The van der Waals surface area contributed by atoms with Gasteiger partial charge in [-0.3, -0.25) is 9.59 Å². The molecule has 3 N–H and O–H groups in total. The van der Waals surface area contributed by atoms with Gasteiger partial charge in [-0.25, -0.2) is 0 Å². The molecule has 0 aromatic carbocycles. The van der Waals surface area contributed by atoms with Gasteiger partial charge < -0.3 is 20.3 Å². The zero-order valence-corrected chi connectivity index (χ0v) is 52.7. The van der Waals surface area contributed by atoms with E-state index in [1.54, 1.807) is 6.08 Å². The van der Waals surface area contributed by atoms with Crippen molar-refractivity contribution in [2.24, 2.45) is 0 Å². The first kappa shape index (κ1) is 76.1. The maximum absolute atomic E-state index is 12.5. The zero-order chi connectivity index (χ0) is 56.4. The molecule has 0 aliphatic heterocycles. The maximum Gasteiger partial charge on any atom is 0.305 e. The molecule has 2 atom stereocenters. The molecule has 6 heteroatoms. The van der Waals surface area contributed by atoms with Crippen molar-refractivity contribution in [3.63, 3.8) is 0 Å². The lowest BCUT2D eigenvalue weighted by molar-refractivity contribution is -0.143. The Kier molecular flexibility index (Phi) is 65.9.